The highest BCUT2D eigenvalue weighted by Gasteiger charge is 2.22. The molecular formula is C24H29N3O2. The summed E-state index contributed by atoms with van der Waals surface area (Å²) in [6.07, 6.45) is 4.17. The van der Waals surface area contributed by atoms with E-state index in [1.165, 1.54) is 24.0 Å². The number of methoxy groups -OCH3 is 2. The van der Waals surface area contributed by atoms with Crippen molar-refractivity contribution in [3.8, 4) is 11.5 Å². The number of aromatic amines is 1. The van der Waals surface area contributed by atoms with Gasteiger partial charge in [0.1, 0.15) is 11.5 Å². The van der Waals surface area contributed by atoms with Gasteiger partial charge >= 0.3 is 0 Å². The number of nitrogens with zero attached hydrogens (tertiary/aromatic N) is 2. The number of aryl methyl sites for hydroxylation is 2. The van der Waals surface area contributed by atoms with Crippen molar-refractivity contribution in [3.63, 3.8) is 0 Å². The minimum atomic E-state index is 0.661. The van der Waals surface area contributed by atoms with Crippen molar-refractivity contribution in [3.05, 3.63) is 71.4 Å². The molecule has 152 valence electrons. The molecule has 0 saturated carbocycles. The first-order valence-electron chi connectivity index (χ1n) is 10.3. The van der Waals surface area contributed by atoms with Crippen LogP contribution in [-0.4, -0.2) is 37.5 Å². The normalized spacial score (nSPS) is 14.8. The molecule has 3 aromatic rings. The highest BCUT2D eigenvalue weighted by Crippen LogP contribution is 2.30. The van der Waals surface area contributed by atoms with E-state index in [1.54, 1.807) is 14.2 Å². The molecule has 1 fully saturated rings. The molecule has 5 heteroatoms. The number of ether oxygens (including phenoxy) is 2. The smallest absolute Gasteiger partial charge is 0.150 e. The number of aromatic nitrogens is 2. The van der Waals surface area contributed by atoms with Crippen molar-refractivity contribution in [2.24, 2.45) is 0 Å². The third kappa shape index (κ3) is 4.73. The number of benzene rings is 2. The van der Waals surface area contributed by atoms with Crippen LogP contribution in [0, 0.1) is 0 Å². The summed E-state index contributed by atoms with van der Waals surface area (Å²) >= 11 is 0. The molecule has 0 amide bonds. The lowest BCUT2D eigenvalue weighted by Gasteiger charge is -2.32. The van der Waals surface area contributed by atoms with Gasteiger partial charge in [-0.05, 0) is 54.9 Å². The second kappa shape index (κ2) is 9.03. The van der Waals surface area contributed by atoms with Crippen molar-refractivity contribution in [1.82, 2.24) is 10.2 Å². The van der Waals surface area contributed by atoms with Gasteiger partial charge in [0.05, 0.1) is 14.2 Å². The molecule has 4 rings (SSSR count). The molecule has 0 atom stereocenters. The maximum Gasteiger partial charge on any atom is 0.150 e. The Morgan fingerprint density at radius 1 is 0.931 bits per heavy atom. The summed E-state index contributed by atoms with van der Waals surface area (Å²) in [5.41, 5.74) is 3.82. The quantitative estimate of drug-likeness (QED) is 0.640. The van der Waals surface area contributed by atoms with E-state index in [-0.39, 0.29) is 0 Å². The van der Waals surface area contributed by atoms with Crippen LogP contribution in [0.3, 0.4) is 0 Å². The van der Waals surface area contributed by atoms with Gasteiger partial charge in [0.15, 0.2) is 5.82 Å². The van der Waals surface area contributed by atoms with E-state index in [0.717, 1.165) is 48.9 Å². The molecule has 0 bridgehead atoms. The maximum absolute atomic E-state index is 5.37. The molecule has 1 saturated heterocycles. The van der Waals surface area contributed by atoms with Crippen molar-refractivity contribution in [2.75, 3.05) is 32.2 Å². The Hall–Kier alpha value is -2.95. The highest BCUT2D eigenvalue weighted by atomic mass is 16.5. The summed E-state index contributed by atoms with van der Waals surface area (Å²) < 4.78 is 10.7. The third-order valence-electron chi connectivity index (χ3n) is 5.80. The Kier molecular flexibility index (Phi) is 6.03. The van der Waals surface area contributed by atoms with E-state index in [4.69, 9.17) is 9.47 Å². The summed E-state index contributed by atoms with van der Waals surface area (Å²) in [4.78, 5) is 2.40. The molecule has 1 aliphatic rings. The van der Waals surface area contributed by atoms with Crippen LogP contribution in [0.15, 0.2) is 54.6 Å². The number of rotatable bonds is 7. The zero-order valence-corrected chi connectivity index (χ0v) is 17.2. The topological polar surface area (TPSA) is 50.4 Å². The minimum Gasteiger partial charge on any atom is -0.497 e. The van der Waals surface area contributed by atoms with Crippen LogP contribution in [0.25, 0.3) is 0 Å². The largest absolute Gasteiger partial charge is 0.497 e. The SMILES string of the molecule is COc1cc(CCc2cc(N3CCC(c4ccccc4)CC3)n[nH]2)cc(OC)c1. The fourth-order valence-corrected chi connectivity index (χ4v) is 4.10. The monoisotopic (exact) mass is 391 g/mol. The molecule has 2 heterocycles. The fraction of sp³-hybridized carbons (Fsp3) is 0.375. The Bertz CT molecular complexity index is 893. The summed E-state index contributed by atoms with van der Waals surface area (Å²) in [5.74, 6) is 3.38. The van der Waals surface area contributed by atoms with Crippen LogP contribution >= 0.6 is 0 Å². The molecule has 0 radical (unpaired) electrons. The van der Waals surface area contributed by atoms with E-state index >= 15 is 0 Å². The molecule has 0 aliphatic carbocycles. The van der Waals surface area contributed by atoms with Gasteiger partial charge in [-0.3, -0.25) is 5.10 Å². The van der Waals surface area contributed by atoms with E-state index in [2.05, 4.69) is 63.6 Å². The number of piperidine rings is 1. The lowest BCUT2D eigenvalue weighted by molar-refractivity contribution is 0.393. The van der Waals surface area contributed by atoms with Gasteiger partial charge < -0.3 is 14.4 Å². The van der Waals surface area contributed by atoms with Gasteiger partial charge in [0.2, 0.25) is 0 Å². The molecule has 29 heavy (non-hydrogen) atoms. The summed E-state index contributed by atoms with van der Waals surface area (Å²) in [6.45, 7) is 2.11. The first kappa shape index (κ1) is 19.4. The van der Waals surface area contributed by atoms with Crippen LogP contribution in [0.5, 0.6) is 11.5 Å². The zero-order chi connectivity index (χ0) is 20.1. The Balaban J connectivity index is 1.33. The van der Waals surface area contributed by atoms with Gasteiger partial charge in [0.25, 0.3) is 0 Å². The minimum absolute atomic E-state index is 0.661. The van der Waals surface area contributed by atoms with Gasteiger partial charge in [-0.2, -0.15) is 5.10 Å². The van der Waals surface area contributed by atoms with Crippen LogP contribution in [0.1, 0.15) is 35.6 Å². The molecule has 1 aliphatic heterocycles. The number of H-pyrrole nitrogens is 1. The second-order valence-corrected chi connectivity index (χ2v) is 7.64. The molecule has 0 spiro atoms. The standard InChI is InChI=1S/C24H29N3O2/c1-28-22-14-18(15-23(17-22)29-2)8-9-21-16-24(26-25-21)27-12-10-20(11-13-27)19-6-4-3-5-7-19/h3-7,14-17,20H,8-13H2,1-2H3,(H,25,26). The lowest BCUT2D eigenvalue weighted by Crippen LogP contribution is -2.33. The summed E-state index contributed by atoms with van der Waals surface area (Å²) in [7, 11) is 3.36. The van der Waals surface area contributed by atoms with Crippen LogP contribution in [0.2, 0.25) is 0 Å². The molecule has 5 nitrogen and oxygen atoms in total. The van der Waals surface area contributed by atoms with E-state index in [9.17, 15) is 0 Å². The van der Waals surface area contributed by atoms with Crippen LogP contribution in [-0.2, 0) is 12.8 Å². The second-order valence-electron chi connectivity index (χ2n) is 7.64. The van der Waals surface area contributed by atoms with E-state index in [0.29, 0.717) is 5.92 Å². The van der Waals surface area contributed by atoms with Gasteiger partial charge in [-0.1, -0.05) is 30.3 Å². The Labute approximate surface area is 172 Å². The van der Waals surface area contributed by atoms with Gasteiger partial charge in [-0.25, -0.2) is 0 Å². The van der Waals surface area contributed by atoms with Crippen LogP contribution in [0.4, 0.5) is 5.82 Å². The Morgan fingerprint density at radius 3 is 2.28 bits per heavy atom. The lowest BCUT2D eigenvalue weighted by atomic mass is 9.89. The Morgan fingerprint density at radius 2 is 1.62 bits per heavy atom. The molecular weight excluding hydrogens is 362 g/mol. The van der Waals surface area contributed by atoms with E-state index in [1.807, 2.05) is 6.07 Å². The average Bonchev–Trinajstić information content (AvgIpc) is 3.27. The summed E-state index contributed by atoms with van der Waals surface area (Å²) in [6, 6.07) is 19.1. The maximum atomic E-state index is 5.37. The number of anilines is 1. The highest BCUT2D eigenvalue weighted by molar-refractivity contribution is 5.42. The average molecular weight is 392 g/mol. The number of hydrogen-bond acceptors (Lipinski definition) is 4. The molecule has 2 aromatic carbocycles. The molecule has 1 aromatic heterocycles. The van der Waals surface area contributed by atoms with Crippen LogP contribution < -0.4 is 14.4 Å². The van der Waals surface area contributed by atoms with Crippen molar-refractivity contribution < 1.29 is 9.47 Å². The predicted molar refractivity (Wildman–Crippen MR) is 116 cm³/mol. The third-order valence-corrected chi connectivity index (χ3v) is 5.80. The zero-order valence-electron chi connectivity index (χ0n) is 17.2. The fourth-order valence-electron chi connectivity index (χ4n) is 4.10. The van der Waals surface area contributed by atoms with Crippen molar-refractivity contribution in [2.45, 2.75) is 31.6 Å². The first-order valence-corrected chi connectivity index (χ1v) is 10.3. The predicted octanol–water partition coefficient (Wildman–Crippen LogP) is 4.60. The van der Waals surface area contributed by atoms with Crippen molar-refractivity contribution in [1.29, 1.82) is 0 Å². The molecule has 1 N–H and O–H groups in total. The number of nitrogens with one attached hydrogen (secondary N) is 1. The number of hydrogen-bond donors (Lipinski definition) is 1. The molecule has 0 unspecified atom stereocenters. The first-order chi connectivity index (χ1) is 14.2. The summed E-state index contributed by atoms with van der Waals surface area (Å²) in [5, 5.41) is 7.79. The van der Waals surface area contributed by atoms with Gasteiger partial charge in [-0.15, -0.1) is 0 Å². The van der Waals surface area contributed by atoms with Crippen molar-refractivity contribution >= 4 is 5.82 Å². The van der Waals surface area contributed by atoms with E-state index < -0.39 is 0 Å². The van der Waals surface area contributed by atoms with Gasteiger partial charge in [0, 0.05) is 30.9 Å².